The van der Waals surface area contributed by atoms with Gasteiger partial charge in [0.2, 0.25) is 0 Å². The minimum atomic E-state index is -0.260. The van der Waals surface area contributed by atoms with Crippen LogP contribution in [0.5, 0.6) is 0 Å². The molecule has 1 heterocycles. The highest BCUT2D eigenvalue weighted by Crippen LogP contribution is 2.22. The Kier molecular flexibility index (Phi) is 4.45. The first kappa shape index (κ1) is 15.0. The van der Waals surface area contributed by atoms with E-state index in [1.54, 1.807) is 12.1 Å². The van der Waals surface area contributed by atoms with Gasteiger partial charge in [0.05, 0.1) is 5.69 Å². The van der Waals surface area contributed by atoms with Crippen molar-refractivity contribution in [2.45, 2.75) is 26.9 Å². The van der Waals surface area contributed by atoms with Crippen molar-refractivity contribution in [1.29, 1.82) is 0 Å². The van der Waals surface area contributed by atoms with Crippen LogP contribution in [0.4, 0.5) is 4.39 Å². The molecule has 0 amide bonds. The smallest absolute Gasteiger partial charge is 0.129 e. The molecule has 0 aliphatic carbocycles. The first-order chi connectivity index (χ1) is 9.40. The van der Waals surface area contributed by atoms with E-state index in [1.807, 2.05) is 37.5 Å². The zero-order valence-electron chi connectivity index (χ0n) is 12.2. The summed E-state index contributed by atoms with van der Waals surface area (Å²) in [5.74, 6) is -0.260. The summed E-state index contributed by atoms with van der Waals surface area (Å²) in [5, 5.41) is 4.86. The topological polar surface area (TPSA) is 21.1 Å². The zero-order valence-corrected chi connectivity index (χ0v) is 13.0. The van der Waals surface area contributed by atoms with Gasteiger partial charge in [-0.1, -0.05) is 17.7 Å². The molecule has 20 heavy (non-hydrogen) atoms. The van der Waals surface area contributed by atoms with Gasteiger partial charge in [0, 0.05) is 42.0 Å². The van der Waals surface area contributed by atoms with E-state index in [9.17, 15) is 4.39 Å². The highest BCUT2D eigenvalue weighted by molar-refractivity contribution is 6.31. The number of hydrogen-bond donors (Lipinski definition) is 0. The summed E-state index contributed by atoms with van der Waals surface area (Å²) in [7, 11) is 3.88. The van der Waals surface area contributed by atoms with Crippen molar-refractivity contribution in [3.05, 3.63) is 51.6 Å². The number of halogens is 2. The maximum Gasteiger partial charge on any atom is 0.129 e. The Labute approximate surface area is 124 Å². The van der Waals surface area contributed by atoms with Crippen LogP contribution in [-0.4, -0.2) is 21.7 Å². The number of hydrogen-bond acceptors (Lipinski definition) is 2. The molecule has 0 atom stereocenters. The summed E-state index contributed by atoms with van der Waals surface area (Å²) >= 11 is 6.06. The van der Waals surface area contributed by atoms with Gasteiger partial charge in [0.25, 0.3) is 0 Å². The van der Waals surface area contributed by atoms with Crippen LogP contribution in [0.15, 0.2) is 18.2 Å². The molecule has 0 radical (unpaired) electrons. The molecule has 0 bridgehead atoms. The third-order valence-corrected chi connectivity index (χ3v) is 3.93. The second kappa shape index (κ2) is 5.94. The van der Waals surface area contributed by atoms with Gasteiger partial charge in [-0.25, -0.2) is 4.39 Å². The number of aromatic nitrogens is 2. The fourth-order valence-corrected chi connectivity index (χ4v) is 2.55. The van der Waals surface area contributed by atoms with Gasteiger partial charge in [-0.05, 0) is 33.0 Å². The molecular formula is C15H19ClFN3. The fraction of sp³-hybridized carbons (Fsp3) is 0.400. The zero-order chi connectivity index (χ0) is 14.9. The molecule has 0 N–H and O–H groups in total. The Morgan fingerprint density at radius 2 is 1.90 bits per heavy atom. The lowest BCUT2D eigenvalue weighted by molar-refractivity contribution is 0.312. The molecule has 108 valence electrons. The monoisotopic (exact) mass is 295 g/mol. The minimum absolute atomic E-state index is 0.260. The summed E-state index contributed by atoms with van der Waals surface area (Å²) in [6.45, 7) is 5.22. The van der Waals surface area contributed by atoms with Gasteiger partial charge in [0.1, 0.15) is 5.82 Å². The molecule has 0 spiro atoms. The lowest BCUT2D eigenvalue weighted by Gasteiger charge is -2.18. The van der Waals surface area contributed by atoms with Gasteiger partial charge >= 0.3 is 0 Å². The van der Waals surface area contributed by atoms with Crippen LogP contribution in [0.2, 0.25) is 5.02 Å². The summed E-state index contributed by atoms with van der Waals surface area (Å²) in [6, 6.07) is 4.78. The summed E-state index contributed by atoms with van der Waals surface area (Å²) in [4.78, 5) is 2.04. The van der Waals surface area contributed by atoms with Gasteiger partial charge in [-0.3, -0.25) is 9.58 Å². The Balaban J connectivity index is 2.15. The average Bonchev–Trinajstić information content (AvgIpc) is 2.61. The second-order valence-corrected chi connectivity index (χ2v) is 5.55. The van der Waals surface area contributed by atoms with E-state index < -0.39 is 0 Å². The predicted octanol–water partition coefficient (Wildman–Crippen LogP) is 3.46. The molecule has 5 heteroatoms. The quantitative estimate of drug-likeness (QED) is 0.861. The molecule has 0 saturated carbocycles. The normalized spacial score (nSPS) is 11.3. The van der Waals surface area contributed by atoms with E-state index in [2.05, 4.69) is 5.10 Å². The van der Waals surface area contributed by atoms with Crippen LogP contribution in [0.3, 0.4) is 0 Å². The maximum absolute atomic E-state index is 13.8. The largest absolute Gasteiger partial charge is 0.298 e. The van der Waals surface area contributed by atoms with Crippen LogP contribution >= 0.6 is 11.6 Å². The number of aryl methyl sites for hydroxylation is 2. The predicted molar refractivity (Wildman–Crippen MR) is 79.3 cm³/mol. The Bertz CT molecular complexity index is 602. The van der Waals surface area contributed by atoms with Crippen LogP contribution in [0, 0.1) is 19.7 Å². The van der Waals surface area contributed by atoms with E-state index in [0.717, 1.165) is 17.9 Å². The third-order valence-electron chi connectivity index (χ3n) is 3.58. The van der Waals surface area contributed by atoms with E-state index in [1.165, 1.54) is 11.6 Å². The standard InChI is InChI=1S/C15H19ClFN3/c1-10-12(11(2)20(4)18-10)8-19(3)9-13-14(16)6-5-7-15(13)17/h5-7H,8-9H2,1-4H3. The van der Waals surface area contributed by atoms with Crippen LogP contribution < -0.4 is 0 Å². The molecule has 2 aromatic rings. The minimum Gasteiger partial charge on any atom is -0.298 e. The third kappa shape index (κ3) is 3.02. The second-order valence-electron chi connectivity index (χ2n) is 5.15. The molecule has 1 aromatic heterocycles. The van der Waals surface area contributed by atoms with Crippen molar-refractivity contribution in [3.63, 3.8) is 0 Å². The molecule has 0 aliphatic rings. The SMILES string of the molecule is Cc1nn(C)c(C)c1CN(C)Cc1c(F)cccc1Cl. The van der Waals surface area contributed by atoms with Crippen molar-refractivity contribution in [2.24, 2.45) is 7.05 Å². The van der Waals surface area contributed by atoms with Crippen molar-refractivity contribution in [3.8, 4) is 0 Å². The van der Waals surface area contributed by atoms with Crippen LogP contribution in [-0.2, 0) is 20.1 Å². The lowest BCUT2D eigenvalue weighted by Crippen LogP contribution is -2.19. The molecule has 3 nitrogen and oxygen atoms in total. The van der Waals surface area contributed by atoms with Gasteiger partial charge < -0.3 is 0 Å². The van der Waals surface area contributed by atoms with E-state index in [0.29, 0.717) is 17.1 Å². The molecule has 0 saturated heterocycles. The highest BCUT2D eigenvalue weighted by Gasteiger charge is 2.14. The van der Waals surface area contributed by atoms with E-state index in [-0.39, 0.29) is 5.82 Å². The van der Waals surface area contributed by atoms with Crippen molar-refractivity contribution < 1.29 is 4.39 Å². The van der Waals surface area contributed by atoms with Gasteiger partial charge in [0.15, 0.2) is 0 Å². The summed E-state index contributed by atoms with van der Waals surface area (Å²) in [5.41, 5.74) is 3.86. The van der Waals surface area contributed by atoms with Gasteiger partial charge in [-0.2, -0.15) is 5.10 Å². The Morgan fingerprint density at radius 1 is 1.25 bits per heavy atom. The van der Waals surface area contributed by atoms with Crippen molar-refractivity contribution >= 4 is 11.6 Å². The number of benzene rings is 1. The number of rotatable bonds is 4. The summed E-state index contributed by atoms with van der Waals surface area (Å²) in [6.07, 6.45) is 0. The van der Waals surface area contributed by atoms with Crippen molar-refractivity contribution in [1.82, 2.24) is 14.7 Å². The van der Waals surface area contributed by atoms with E-state index in [4.69, 9.17) is 11.6 Å². The molecule has 1 aromatic carbocycles. The fourth-order valence-electron chi connectivity index (χ4n) is 2.33. The van der Waals surface area contributed by atoms with E-state index >= 15 is 0 Å². The highest BCUT2D eigenvalue weighted by atomic mass is 35.5. The Morgan fingerprint density at radius 3 is 2.45 bits per heavy atom. The van der Waals surface area contributed by atoms with Crippen LogP contribution in [0.1, 0.15) is 22.5 Å². The lowest BCUT2D eigenvalue weighted by atomic mass is 10.1. The summed E-state index contributed by atoms with van der Waals surface area (Å²) < 4.78 is 15.7. The molecular weight excluding hydrogens is 277 g/mol. The maximum atomic E-state index is 13.8. The molecule has 0 aliphatic heterocycles. The first-order valence-corrected chi connectivity index (χ1v) is 6.88. The number of nitrogens with zero attached hydrogens (tertiary/aromatic N) is 3. The molecule has 0 unspecified atom stereocenters. The van der Waals surface area contributed by atoms with Crippen LogP contribution in [0.25, 0.3) is 0 Å². The average molecular weight is 296 g/mol. The Hall–Kier alpha value is -1.39. The molecule has 2 rings (SSSR count). The van der Waals surface area contributed by atoms with Gasteiger partial charge in [-0.15, -0.1) is 0 Å². The first-order valence-electron chi connectivity index (χ1n) is 6.50. The molecule has 0 fully saturated rings. The van der Waals surface area contributed by atoms with Crippen molar-refractivity contribution in [2.75, 3.05) is 7.05 Å².